The maximum absolute atomic E-state index is 12.1. The Bertz CT molecular complexity index is 560. The molecule has 0 radical (unpaired) electrons. The summed E-state index contributed by atoms with van der Waals surface area (Å²) in [5, 5.41) is 6.64. The largest absolute Gasteiger partial charge is 0.534 e. The van der Waals surface area contributed by atoms with E-state index in [4.69, 9.17) is 4.74 Å². The molecule has 0 atom stereocenters. The molecule has 18 heavy (non-hydrogen) atoms. The summed E-state index contributed by atoms with van der Waals surface area (Å²) in [6.07, 6.45) is 0. The Hall–Kier alpha value is -1.23. The van der Waals surface area contributed by atoms with Gasteiger partial charge in [-0.3, -0.25) is 0 Å². The molecule has 100 valence electrons. The van der Waals surface area contributed by atoms with Gasteiger partial charge in [0.05, 0.1) is 11.5 Å². The number of alkyl halides is 3. The van der Waals surface area contributed by atoms with Crippen molar-refractivity contribution in [1.29, 1.82) is 0 Å². The third kappa shape index (κ3) is 2.61. The van der Waals surface area contributed by atoms with Crippen LogP contribution in [0.15, 0.2) is 11.0 Å². The highest BCUT2D eigenvalue weighted by atomic mass is 32.2. The van der Waals surface area contributed by atoms with Crippen LogP contribution in [-0.4, -0.2) is 36.5 Å². The van der Waals surface area contributed by atoms with Gasteiger partial charge in [-0.05, 0) is 0 Å². The minimum Gasteiger partial charge on any atom is -0.475 e. The lowest BCUT2D eigenvalue weighted by atomic mass is 10.5. The maximum atomic E-state index is 12.1. The van der Waals surface area contributed by atoms with E-state index in [9.17, 15) is 21.6 Å². The van der Waals surface area contributed by atoms with Crippen molar-refractivity contribution in [3.63, 3.8) is 0 Å². The third-order valence-corrected chi connectivity index (χ3v) is 3.69. The number of fused-ring (bicyclic) bond motifs is 1. The number of ether oxygens (including phenoxy) is 1. The van der Waals surface area contributed by atoms with Gasteiger partial charge < -0.3 is 8.92 Å². The monoisotopic (exact) mass is 302 g/mol. The summed E-state index contributed by atoms with van der Waals surface area (Å²) >= 11 is 1.25. The molecule has 1 aromatic rings. The van der Waals surface area contributed by atoms with Crippen molar-refractivity contribution in [2.45, 2.75) is 10.4 Å². The van der Waals surface area contributed by atoms with Crippen molar-refractivity contribution in [3.8, 4) is 11.8 Å². The van der Waals surface area contributed by atoms with Crippen molar-refractivity contribution in [2.24, 2.45) is 0 Å². The third-order valence-electron chi connectivity index (χ3n) is 1.76. The zero-order chi connectivity index (χ0) is 13.4. The summed E-state index contributed by atoms with van der Waals surface area (Å²) in [7, 11) is -5.73. The molecule has 0 aliphatic carbocycles. The van der Waals surface area contributed by atoms with Crippen LogP contribution < -0.4 is 8.92 Å². The molecule has 0 aromatic carbocycles. The van der Waals surface area contributed by atoms with Crippen LogP contribution in [0.4, 0.5) is 13.2 Å². The van der Waals surface area contributed by atoms with Gasteiger partial charge in [-0.2, -0.15) is 21.6 Å². The minimum absolute atomic E-state index is 0.142. The number of hydrogen-bond donors (Lipinski definition) is 0. The van der Waals surface area contributed by atoms with E-state index < -0.39 is 21.5 Å². The average Bonchev–Trinajstić information content (AvgIpc) is 2.27. The summed E-state index contributed by atoms with van der Waals surface area (Å²) < 4.78 is 66.6. The second-order valence-electron chi connectivity index (χ2n) is 3.03. The maximum Gasteiger partial charge on any atom is 0.534 e. The first-order valence-electron chi connectivity index (χ1n) is 4.44. The van der Waals surface area contributed by atoms with Crippen LogP contribution >= 0.6 is 11.8 Å². The van der Waals surface area contributed by atoms with Gasteiger partial charge in [0.1, 0.15) is 0 Å². The van der Waals surface area contributed by atoms with Crippen LogP contribution in [-0.2, 0) is 10.1 Å². The van der Waals surface area contributed by atoms with E-state index in [1.165, 1.54) is 11.8 Å². The molecular formula is C7H5F3N2O4S2. The Morgan fingerprint density at radius 3 is 2.78 bits per heavy atom. The molecule has 1 aliphatic rings. The Labute approximate surface area is 104 Å². The van der Waals surface area contributed by atoms with E-state index in [2.05, 4.69) is 14.4 Å². The first kappa shape index (κ1) is 13.2. The van der Waals surface area contributed by atoms with Crippen molar-refractivity contribution < 1.29 is 30.5 Å². The molecule has 0 bridgehead atoms. The van der Waals surface area contributed by atoms with Crippen LogP contribution in [0.2, 0.25) is 0 Å². The van der Waals surface area contributed by atoms with Gasteiger partial charge in [-0.25, -0.2) is 0 Å². The lowest BCUT2D eigenvalue weighted by molar-refractivity contribution is -0.0501. The Morgan fingerprint density at radius 1 is 1.39 bits per heavy atom. The molecule has 6 nitrogen and oxygen atoms in total. The molecule has 1 aliphatic heterocycles. The molecule has 2 rings (SSSR count). The average molecular weight is 302 g/mol. The molecule has 1 aromatic heterocycles. The topological polar surface area (TPSA) is 78.4 Å². The Morgan fingerprint density at radius 2 is 2.11 bits per heavy atom. The van der Waals surface area contributed by atoms with E-state index in [-0.39, 0.29) is 5.88 Å². The van der Waals surface area contributed by atoms with Gasteiger partial charge in [0.2, 0.25) is 5.88 Å². The molecule has 0 saturated heterocycles. The fourth-order valence-corrected chi connectivity index (χ4v) is 2.24. The highest BCUT2D eigenvalue weighted by molar-refractivity contribution is 7.99. The van der Waals surface area contributed by atoms with Crippen molar-refractivity contribution in [3.05, 3.63) is 6.07 Å². The number of hydrogen-bond acceptors (Lipinski definition) is 7. The molecule has 0 fully saturated rings. The highest BCUT2D eigenvalue weighted by Crippen LogP contribution is 2.34. The lowest BCUT2D eigenvalue weighted by Gasteiger charge is -2.15. The quantitative estimate of drug-likeness (QED) is 0.599. The van der Waals surface area contributed by atoms with Gasteiger partial charge in [0, 0.05) is 11.8 Å². The summed E-state index contributed by atoms with van der Waals surface area (Å²) in [6.45, 7) is 0.396. The molecule has 11 heteroatoms. The summed E-state index contributed by atoms with van der Waals surface area (Å²) in [5.74, 6) is -0.0310. The fourth-order valence-electron chi connectivity index (χ4n) is 1.04. The first-order chi connectivity index (χ1) is 8.29. The van der Waals surface area contributed by atoms with Crippen LogP contribution in [0.25, 0.3) is 0 Å². The van der Waals surface area contributed by atoms with Gasteiger partial charge in [0.25, 0.3) is 5.88 Å². The lowest BCUT2D eigenvalue weighted by Crippen LogP contribution is -2.28. The Balaban J connectivity index is 2.26. The van der Waals surface area contributed by atoms with Crippen molar-refractivity contribution >= 4 is 21.9 Å². The van der Waals surface area contributed by atoms with Gasteiger partial charge >= 0.3 is 15.6 Å². The van der Waals surface area contributed by atoms with Crippen molar-refractivity contribution in [2.75, 3.05) is 12.4 Å². The second kappa shape index (κ2) is 4.46. The number of aromatic nitrogens is 2. The molecular weight excluding hydrogens is 297 g/mol. The van der Waals surface area contributed by atoms with Crippen LogP contribution in [0.1, 0.15) is 0 Å². The molecule has 0 spiro atoms. The fraction of sp³-hybridized carbons (Fsp3) is 0.429. The number of halogens is 3. The predicted molar refractivity (Wildman–Crippen MR) is 53.9 cm³/mol. The summed E-state index contributed by atoms with van der Waals surface area (Å²) in [5.41, 5.74) is -5.51. The highest BCUT2D eigenvalue weighted by Gasteiger charge is 2.49. The minimum atomic E-state index is -5.73. The second-order valence-corrected chi connectivity index (χ2v) is 5.71. The van der Waals surface area contributed by atoms with Gasteiger partial charge in [-0.1, -0.05) is 0 Å². The number of nitrogens with zero attached hydrogens (tertiary/aromatic N) is 2. The molecule has 0 saturated carbocycles. The van der Waals surface area contributed by atoms with Gasteiger partial charge in [0.15, 0.2) is 0 Å². The number of thioether (sulfide) groups is 1. The summed E-state index contributed by atoms with van der Waals surface area (Å²) in [6, 6.07) is 1.04. The molecule has 2 heterocycles. The zero-order valence-electron chi connectivity index (χ0n) is 8.47. The van der Waals surface area contributed by atoms with E-state index >= 15 is 0 Å². The standard InChI is InChI=1S/C7H5F3N2O4S2/c8-7(9,10)18(13,14)16-5-3-4-6(12-11-5)15-1-2-17-4/h3H,1-2H2. The van der Waals surface area contributed by atoms with Crippen LogP contribution in [0, 0.1) is 0 Å². The van der Waals surface area contributed by atoms with E-state index in [1.54, 1.807) is 0 Å². The van der Waals surface area contributed by atoms with Crippen LogP contribution in [0.5, 0.6) is 11.8 Å². The Kier molecular flexibility index (Phi) is 3.27. The SMILES string of the molecule is O=S(=O)(Oc1cc2c(nn1)OCCS2)C(F)(F)F. The molecule has 0 unspecified atom stereocenters. The van der Waals surface area contributed by atoms with Crippen molar-refractivity contribution in [1.82, 2.24) is 10.2 Å². The van der Waals surface area contributed by atoms with Crippen LogP contribution in [0.3, 0.4) is 0 Å². The first-order valence-corrected chi connectivity index (χ1v) is 6.83. The predicted octanol–water partition coefficient (Wildman–Crippen LogP) is 1.19. The molecule has 0 N–H and O–H groups in total. The van der Waals surface area contributed by atoms with E-state index in [0.717, 1.165) is 6.07 Å². The van der Waals surface area contributed by atoms with Gasteiger partial charge in [-0.15, -0.1) is 22.0 Å². The smallest absolute Gasteiger partial charge is 0.475 e. The normalized spacial score (nSPS) is 15.7. The van der Waals surface area contributed by atoms with E-state index in [0.29, 0.717) is 17.3 Å². The summed E-state index contributed by atoms with van der Waals surface area (Å²) in [4.78, 5) is 0.378. The molecule has 0 amide bonds. The van der Waals surface area contributed by atoms with E-state index in [1.807, 2.05) is 0 Å². The zero-order valence-corrected chi connectivity index (χ0v) is 10.1. The number of rotatable bonds is 2.